The number of hydrogen-bond acceptors (Lipinski definition) is 3. The lowest BCUT2D eigenvalue weighted by molar-refractivity contribution is 0.875. The predicted octanol–water partition coefficient (Wildman–Crippen LogP) is 2.13. The van der Waals surface area contributed by atoms with E-state index in [9.17, 15) is 0 Å². The van der Waals surface area contributed by atoms with Gasteiger partial charge >= 0.3 is 0 Å². The monoisotopic (exact) mass is 211 g/mol. The molecule has 0 radical (unpaired) electrons. The molecule has 1 aliphatic rings. The molecule has 1 aromatic heterocycles. The largest absolute Gasteiger partial charge is 0.382 e. The standard InChI is InChI=1S/C13H13N3/c1-8-13(14)16-11-7-6-9-4-2-3-5-10(9)12(11)15-8/h2-5H,6-7H2,1H3,(H2,14,16). The number of nitrogens with two attached hydrogens (primary N) is 1. The summed E-state index contributed by atoms with van der Waals surface area (Å²) in [4.78, 5) is 8.99. The lowest BCUT2D eigenvalue weighted by atomic mass is 9.92. The summed E-state index contributed by atoms with van der Waals surface area (Å²) in [6, 6.07) is 8.38. The molecule has 0 saturated carbocycles. The molecule has 1 aliphatic carbocycles. The molecular formula is C13H13N3. The summed E-state index contributed by atoms with van der Waals surface area (Å²) < 4.78 is 0. The third kappa shape index (κ3) is 1.28. The number of benzene rings is 1. The van der Waals surface area contributed by atoms with Gasteiger partial charge in [-0.05, 0) is 25.3 Å². The van der Waals surface area contributed by atoms with E-state index in [0.29, 0.717) is 5.82 Å². The van der Waals surface area contributed by atoms with E-state index < -0.39 is 0 Å². The highest BCUT2D eigenvalue weighted by molar-refractivity contribution is 5.69. The van der Waals surface area contributed by atoms with Crippen LogP contribution < -0.4 is 5.73 Å². The SMILES string of the molecule is Cc1nc2c(nc1N)CCc1ccccc1-2. The second kappa shape index (κ2) is 3.30. The normalized spacial score (nSPS) is 13.1. The molecule has 2 aromatic rings. The zero-order chi connectivity index (χ0) is 11.1. The van der Waals surface area contributed by atoms with Crippen molar-refractivity contribution in [3.05, 3.63) is 41.2 Å². The number of hydrogen-bond donors (Lipinski definition) is 1. The van der Waals surface area contributed by atoms with E-state index in [1.54, 1.807) is 0 Å². The average molecular weight is 211 g/mol. The number of aromatic nitrogens is 2. The van der Waals surface area contributed by atoms with Gasteiger partial charge < -0.3 is 5.73 Å². The Morgan fingerprint density at radius 1 is 1.12 bits per heavy atom. The van der Waals surface area contributed by atoms with Crippen molar-refractivity contribution in [1.82, 2.24) is 9.97 Å². The zero-order valence-electron chi connectivity index (χ0n) is 9.20. The molecule has 0 fully saturated rings. The van der Waals surface area contributed by atoms with Gasteiger partial charge in [-0.3, -0.25) is 0 Å². The van der Waals surface area contributed by atoms with Gasteiger partial charge in [0.25, 0.3) is 0 Å². The first-order chi connectivity index (χ1) is 7.75. The molecule has 2 N–H and O–H groups in total. The van der Waals surface area contributed by atoms with Gasteiger partial charge in [-0.25, -0.2) is 9.97 Å². The van der Waals surface area contributed by atoms with Gasteiger partial charge in [-0.1, -0.05) is 24.3 Å². The fourth-order valence-corrected chi connectivity index (χ4v) is 2.18. The second-order valence-corrected chi connectivity index (χ2v) is 4.15. The minimum Gasteiger partial charge on any atom is -0.382 e. The molecule has 16 heavy (non-hydrogen) atoms. The number of rotatable bonds is 0. The minimum atomic E-state index is 0.554. The first-order valence-corrected chi connectivity index (χ1v) is 5.47. The Morgan fingerprint density at radius 3 is 2.81 bits per heavy atom. The van der Waals surface area contributed by atoms with Gasteiger partial charge in [-0.2, -0.15) is 0 Å². The maximum absolute atomic E-state index is 5.79. The summed E-state index contributed by atoms with van der Waals surface area (Å²) in [5.41, 5.74) is 11.2. The van der Waals surface area contributed by atoms with Crippen molar-refractivity contribution in [1.29, 1.82) is 0 Å². The number of nitrogen functional groups attached to an aromatic ring is 1. The highest BCUT2D eigenvalue weighted by atomic mass is 14.9. The average Bonchev–Trinajstić information content (AvgIpc) is 2.31. The number of fused-ring (bicyclic) bond motifs is 3. The highest BCUT2D eigenvalue weighted by Crippen LogP contribution is 2.31. The van der Waals surface area contributed by atoms with E-state index in [1.807, 2.05) is 13.0 Å². The van der Waals surface area contributed by atoms with Crippen LogP contribution in [0.3, 0.4) is 0 Å². The molecule has 3 rings (SSSR count). The fraction of sp³-hybridized carbons (Fsp3) is 0.231. The Hall–Kier alpha value is -1.90. The zero-order valence-corrected chi connectivity index (χ0v) is 9.20. The van der Waals surface area contributed by atoms with Gasteiger partial charge in [0.1, 0.15) is 5.82 Å². The van der Waals surface area contributed by atoms with Crippen LogP contribution in [0.25, 0.3) is 11.3 Å². The van der Waals surface area contributed by atoms with Crippen molar-refractivity contribution >= 4 is 5.82 Å². The van der Waals surface area contributed by atoms with Gasteiger partial charge in [0.15, 0.2) is 0 Å². The molecule has 0 spiro atoms. The van der Waals surface area contributed by atoms with Crippen LogP contribution in [-0.2, 0) is 12.8 Å². The molecule has 0 saturated heterocycles. The van der Waals surface area contributed by atoms with Crippen LogP contribution >= 0.6 is 0 Å². The van der Waals surface area contributed by atoms with Gasteiger partial charge in [-0.15, -0.1) is 0 Å². The number of aryl methyl sites for hydroxylation is 3. The van der Waals surface area contributed by atoms with Gasteiger partial charge in [0.2, 0.25) is 0 Å². The quantitative estimate of drug-likeness (QED) is 0.726. The predicted molar refractivity (Wildman–Crippen MR) is 64.0 cm³/mol. The van der Waals surface area contributed by atoms with E-state index in [-0.39, 0.29) is 0 Å². The molecule has 0 amide bonds. The maximum atomic E-state index is 5.79. The van der Waals surface area contributed by atoms with Crippen LogP contribution in [0.2, 0.25) is 0 Å². The molecule has 0 bridgehead atoms. The highest BCUT2D eigenvalue weighted by Gasteiger charge is 2.19. The van der Waals surface area contributed by atoms with Crippen molar-refractivity contribution in [2.45, 2.75) is 19.8 Å². The van der Waals surface area contributed by atoms with E-state index in [2.05, 4.69) is 28.2 Å². The molecule has 1 aromatic carbocycles. The Labute approximate surface area is 94.4 Å². The van der Waals surface area contributed by atoms with Crippen LogP contribution in [0.1, 0.15) is 17.0 Å². The lowest BCUT2D eigenvalue weighted by Gasteiger charge is -2.18. The van der Waals surface area contributed by atoms with E-state index in [0.717, 1.165) is 29.9 Å². The number of nitrogens with zero attached hydrogens (tertiary/aromatic N) is 2. The van der Waals surface area contributed by atoms with Crippen molar-refractivity contribution < 1.29 is 0 Å². The smallest absolute Gasteiger partial charge is 0.145 e. The van der Waals surface area contributed by atoms with Crippen molar-refractivity contribution in [3.8, 4) is 11.3 Å². The Morgan fingerprint density at radius 2 is 1.94 bits per heavy atom. The van der Waals surface area contributed by atoms with Crippen LogP contribution in [-0.4, -0.2) is 9.97 Å². The van der Waals surface area contributed by atoms with Gasteiger partial charge in [0, 0.05) is 5.56 Å². The molecule has 3 heteroatoms. The van der Waals surface area contributed by atoms with Gasteiger partial charge in [0.05, 0.1) is 17.1 Å². The summed E-state index contributed by atoms with van der Waals surface area (Å²) in [5, 5.41) is 0. The van der Waals surface area contributed by atoms with Crippen LogP contribution in [0, 0.1) is 6.92 Å². The van der Waals surface area contributed by atoms with E-state index in [1.165, 1.54) is 11.1 Å². The first-order valence-electron chi connectivity index (χ1n) is 5.47. The minimum absolute atomic E-state index is 0.554. The topological polar surface area (TPSA) is 51.8 Å². The van der Waals surface area contributed by atoms with Crippen LogP contribution in [0.5, 0.6) is 0 Å². The Kier molecular flexibility index (Phi) is 1.93. The van der Waals surface area contributed by atoms with Crippen molar-refractivity contribution in [2.75, 3.05) is 5.73 Å². The molecule has 0 unspecified atom stereocenters. The van der Waals surface area contributed by atoms with Crippen molar-refractivity contribution in [3.63, 3.8) is 0 Å². The third-order valence-corrected chi connectivity index (χ3v) is 3.08. The maximum Gasteiger partial charge on any atom is 0.145 e. The second-order valence-electron chi connectivity index (χ2n) is 4.15. The summed E-state index contributed by atoms with van der Waals surface area (Å²) in [5.74, 6) is 0.554. The summed E-state index contributed by atoms with van der Waals surface area (Å²) >= 11 is 0. The van der Waals surface area contributed by atoms with Crippen LogP contribution in [0.15, 0.2) is 24.3 Å². The number of anilines is 1. The molecule has 3 nitrogen and oxygen atoms in total. The van der Waals surface area contributed by atoms with Crippen LogP contribution in [0.4, 0.5) is 5.82 Å². The lowest BCUT2D eigenvalue weighted by Crippen LogP contribution is -2.11. The van der Waals surface area contributed by atoms with E-state index >= 15 is 0 Å². The molecule has 0 atom stereocenters. The molecule has 1 heterocycles. The molecule has 0 aliphatic heterocycles. The van der Waals surface area contributed by atoms with E-state index in [4.69, 9.17) is 5.73 Å². The first kappa shape index (κ1) is 9.33. The third-order valence-electron chi connectivity index (χ3n) is 3.08. The molecule has 80 valence electrons. The Balaban J connectivity index is 2.28. The summed E-state index contributed by atoms with van der Waals surface area (Å²) in [6.07, 6.45) is 1.96. The van der Waals surface area contributed by atoms with Crippen molar-refractivity contribution in [2.24, 2.45) is 0 Å². The summed E-state index contributed by atoms with van der Waals surface area (Å²) in [6.45, 7) is 1.90. The summed E-state index contributed by atoms with van der Waals surface area (Å²) in [7, 11) is 0. The molecular weight excluding hydrogens is 198 g/mol. The fourth-order valence-electron chi connectivity index (χ4n) is 2.18. The Bertz CT molecular complexity index is 561.